The molecule has 0 saturated carbocycles. The van der Waals surface area contributed by atoms with Crippen molar-refractivity contribution in [1.29, 1.82) is 0 Å². The fraction of sp³-hybridized carbons (Fsp3) is 0.529. The maximum Gasteiger partial charge on any atom is 0.424 e. The van der Waals surface area contributed by atoms with Gasteiger partial charge in [-0.15, -0.1) is 0 Å². The summed E-state index contributed by atoms with van der Waals surface area (Å²) in [6, 6.07) is 5.55. The Labute approximate surface area is 141 Å². The normalized spacial score (nSPS) is 18.2. The molecule has 3 rings (SSSR count). The van der Waals surface area contributed by atoms with Crippen molar-refractivity contribution >= 4 is 17.7 Å². The predicted octanol–water partition coefficient (Wildman–Crippen LogP) is 2.01. The quantitative estimate of drug-likeness (QED) is 0.861. The minimum Gasteiger partial charge on any atom is -0.492 e. The molecule has 24 heavy (non-hydrogen) atoms. The monoisotopic (exact) mass is 333 g/mol. The highest BCUT2D eigenvalue weighted by Crippen LogP contribution is 2.30. The van der Waals surface area contributed by atoms with E-state index in [0.29, 0.717) is 30.9 Å². The molecule has 2 aliphatic heterocycles. The summed E-state index contributed by atoms with van der Waals surface area (Å²) in [5.74, 6) is 0.408. The molecular formula is C17H23N3O4. The van der Waals surface area contributed by atoms with Gasteiger partial charge in [-0.05, 0) is 50.4 Å². The zero-order valence-corrected chi connectivity index (χ0v) is 13.7. The lowest BCUT2D eigenvalue weighted by atomic mass is 10.1. The summed E-state index contributed by atoms with van der Waals surface area (Å²) in [7, 11) is 0. The van der Waals surface area contributed by atoms with Crippen LogP contribution in [0.1, 0.15) is 31.2 Å². The summed E-state index contributed by atoms with van der Waals surface area (Å²) >= 11 is 0. The molecule has 1 aromatic carbocycles. The van der Waals surface area contributed by atoms with Gasteiger partial charge in [0, 0.05) is 19.0 Å². The number of carbonyl (C=O) groups excluding carboxylic acids is 1. The zero-order valence-electron chi connectivity index (χ0n) is 13.7. The Bertz CT molecular complexity index is 614. The van der Waals surface area contributed by atoms with Gasteiger partial charge in [0.15, 0.2) is 0 Å². The largest absolute Gasteiger partial charge is 0.492 e. The lowest BCUT2D eigenvalue weighted by molar-refractivity contribution is -0.119. The molecule has 2 N–H and O–H groups in total. The summed E-state index contributed by atoms with van der Waals surface area (Å²) in [5.41, 5.74) is 3.71. The molecule has 0 aromatic heterocycles. The number of fused-ring (bicyclic) bond motifs is 1. The van der Waals surface area contributed by atoms with Crippen LogP contribution < -0.4 is 15.2 Å². The van der Waals surface area contributed by atoms with Crippen molar-refractivity contribution in [2.45, 2.75) is 32.1 Å². The number of benzene rings is 1. The van der Waals surface area contributed by atoms with Crippen LogP contribution in [0.5, 0.6) is 5.75 Å². The molecule has 1 aromatic rings. The number of amides is 2. The molecule has 7 nitrogen and oxygen atoms in total. The van der Waals surface area contributed by atoms with Crippen molar-refractivity contribution in [2.24, 2.45) is 0 Å². The number of likely N-dealkylation sites (tertiary alicyclic amines) is 1. The number of nitrogens with zero attached hydrogens (tertiary/aromatic N) is 2. The lowest BCUT2D eigenvalue weighted by Crippen LogP contribution is -2.45. The van der Waals surface area contributed by atoms with E-state index in [1.165, 1.54) is 12.8 Å². The van der Waals surface area contributed by atoms with E-state index in [-0.39, 0.29) is 5.91 Å². The summed E-state index contributed by atoms with van der Waals surface area (Å²) in [6.07, 6.45) is 3.01. The topological polar surface area (TPSA) is 82.1 Å². The highest BCUT2D eigenvalue weighted by Gasteiger charge is 2.24. The van der Waals surface area contributed by atoms with Crippen LogP contribution in [0.2, 0.25) is 0 Å². The summed E-state index contributed by atoms with van der Waals surface area (Å²) in [5, 5.41) is 10.1. The number of hydrogen-bond donors (Lipinski definition) is 2. The molecule has 2 heterocycles. The summed E-state index contributed by atoms with van der Waals surface area (Å²) < 4.78 is 5.81. The van der Waals surface area contributed by atoms with E-state index in [0.717, 1.165) is 36.6 Å². The Morgan fingerprint density at radius 1 is 1.21 bits per heavy atom. The van der Waals surface area contributed by atoms with Crippen LogP contribution in [0.25, 0.3) is 0 Å². The minimum absolute atomic E-state index is 0.245. The number of nitrogens with one attached hydrogen (secondary N) is 1. The van der Waals surface area contributed by atoms with E-state index in [1.54, 1.807) is 6.07 Å². The van der Waals surface area contributed by atoms with Crippen molar-refractivity contribution in [3.05, 3.63) is 23.8 Å². The Balaban J connectivity index is 1.71. The highest BCUT2D eigenvalue weighted by atomic mass is 16.5. The van der Waals surface area contributed by atoms with Gasteiger partial charge in [-0.3, -0.25) is 9.69 Å². The molecule has 0 spiro atoms. The third-order valence-electron chi connectivity index (χ3n) is 4.47. The molecule has 0 radical (unpaired) electrons. The van der Waals surface area contributed by atoms with Crippen LogP contribution >= 0.6 is 0 Å². The van der Waals surface area contributed by atoms with Gasteiger partial charge in [0.05, 0.1) is 5.69 Å². The van der Waals surface area contributed by atoms with Crippen molar-refractivity contribution in [3.8, 4) is 5.75 Å². The van der Waals surface area contributed by atoms with Crippen LogP contribution in [0, 0.1) is 0 Å². The molecule has 0 atom stereocenters. The Morgan fingerprint density at radius 3 is 2.75 bits per heavy atom. The van der Waals surface area contributed by atoms with Gasteiger partial charge in [0.1, 0.15) is 12.4 Å². The van der Waals surface area contributed by atoms with E-state index >= 15 is 0 Å². The molecule has 0 unspecified atom stereocenters. The van der Waals surface area contributed by atoms with Gasteiger partial charge in [-0.2, -0.15) is 0 Å². The molecule has 0 bridgehead atoms. The Kier molecular flexibility index (Phi) is 5.20. The number of hydrogen-bond acceptors (Lipinski definition) is 4. The fourth-order valence-electron chi connectivity index (χ4n) is 3.25. The van der Waals surface area contributed by atoms with Crippen molar-refractivity contribution < 1.29 is 19.4 Å². The van der Waals surface area contributed by atoms with Crippen molar-refractivity contribution in [2.75, 3.05) is 31.3 Å². The van der Waals surface area contributed by atoms with Crippen LogP contribution in [0.3, 0.4) is 0 Å². The maximum absolute atomic E-state index is 12.2. The molecule has 1 saturated heterocycles. The van der Waals surface area contributed by atoms with Crippen LogP contribution in [-0.4, -0.2) is 48.2 Å². The van der Waals surface area contributed by atoms with E-state index in [9.17, 15) is 9.59 Å². The average molecular weight is 333 g/mol. The first kappa shape index (κ1) is 16.6. The fourth-order valence-corrected chi connectivity index (χ4v) is 3.25. The third kappa shape index (κ3) is 3.97. The first-order valence-corrected chi connectivity index (χ1v) is 8.44. The average Bonchev–Trinajstić information content (AvgIpc) is 3.01. The van der Waals surface area contributed by atoms with Gasteiger partial charge < -0.3 is 9.84 Å². The van der Waals surface area contributed by atoms with Gasteiger partial charge in [0.2, 0.25) is 5.91 Å². The number of carboxylic acid groups (broad SMARTS) is 1. The van der Waals surface area contributed by atoms with Crippen molar-refractivity contribution in [1.82, 2.24) is 10.3 Å². The van der Waals surface area contributed by atoms with Crippen LogP contribution in [0.4, 0.5) is 10.5 Å². The zero-order chi connectivity index (χ0) is 16.9. The summed E-state index contributed by atoms with van der Waals surface area (Å²) in [4.78, 5) is 25.5. The predicted molar refractivity (Wildman–Crippen MR) is 89.2 cm³/mol. The van der Waals surface area contributed by atoms with E-state index < -0.39 is 6.09 Å². The molecule has 2 aliphatic rings. The molecule has 130 valence electrons. The Hall–Kier alpha value is -2.28. The van der Waals surface area contributed by atoms with Gasteiger partial charge in [-0.25, -0.2) is 15.2 Å². The van der Waals surface area contributed by atoms with E-state index in [2.05, 4.69) is 10.3 Å². The third-order valence-corrected chi connectivity index (χ3v) is 4.47. The number of rotatable bonds is 5. The lowest BCUT2D eigenvalue weighted by Gasteiger charge is -2.22. The highest BCUT2D eigenvalue weighted by molar-refractivity contribution is 5.96. The van der Waals surface area contributed by atoms with Gasteiger partial charge >= 0.3 is 6.09 Å². The number of carbonyl (C=O) groups is 2. The standard InChI is InChI=1S/C17H23N3O4/c21-16-5-3-4-13-6-7-14(12-15(13)20(16)18-17(22)23)24-11-10-19-8-1-2-9-19/h6-7,12,18H,1-5,8-11H2,(H,22,23). The molecular weight excluding hydrogens is 310 g/mol. The second-order valence-electron chi connectivity index (χ2n) is 6.19. The number of ether oxygens (including phenoxy) is 1. The Morgan fingerprint density at radius 2 is 2.00 bits per heavy atom. The van der Waals surface area contributed by atoms with Crippen LogP contribution in [0.15, 0.2) is 18.2 Å². The van der Waals surface area contributed by atoms with Crippen molar-refractivity contribution in [3.63, 3.8) is 0 Å². The molecule has 1 fully saturated rings. The first-order valence-electron chi connectivity index (χ1n) is 8.44. The molecule has 7 heteroatoms. The number of hydrazine groups is 1. The molecule has 2 amide bonds. The SMILES string of the molecule is O=C(O)NN1C(=O)CCCc2ccc(OCCN3CCCC3)cc21. The second-order valence-corrected chi connectivity index (χ2v) is 6.19. The van der Waals surface area contributed by atoms with E-state index in [4.69, 9.17) is 9.84 Å². The maximum atomic E-state index is 12.2. The molecule has 0 aliphatic carbocycles. The van der Waals surface area contributed by atoms with E-state index in [1.807, 2.05) is 12.1 Å². The van der Waals surface area contributed by atoms with Gasteiger partial charge in [-0.1, -0.05) is 6.07 Å². The minimum atomic E-state index is -1.25. The number of anilines is 1. The number of aryl methyl sites for hydroxylation is 1. The summed E-state index contributed by atoms with van der Waals surface area (Å²) in [6.45, 7) is 3.71. The second kappa shape index (κ2) is 7.53. The van der Waals surface area contributed by atoms with Gasteiger partial charge in [0.25, 0.3) is 0 Å². The van der Waals surface area contributed by atoms with Crippen LogP contribution in [-0.2, 0) is 11.2 Å². The smallest absolute Gasteiger partial charge is 0.424 e. The first-order chi connectivity index (χ1) is 11.6.